The van der Waals surface area contributed by atoms with E-state index in [0.717, 1.165) is 16.9 Å². The molecular weight excluding hydrogens is 208 g/mol. The van der Waals surface area contributed by atoms with Crippen LogP contribution in [0.15, 0.2) is 53.1 Å². The van der Waals surface area contributed by atoms with Gasteiger partial charge in [-0.25, -0.2) is 0 Å². The lowest BCUT2D eigenvalue weighted by Gasteiger charge is -2.09. The molecule has 17 heavy (non-hydrogen) atoms. The predicted octanol–water partition coefficient (Wildman–Crippen LogP) is 3.68. The molecule has 96 valence electrons. The van der Waals surface area contributed by atoms with Gasteiger partial charge in [-0.15, -0.1) is 0 Å². The summed E-state index contributed by atoms with van der Waals surface area (Å²) in [6, 6.07) is 0. The van der Waals surface area contributed by atoms with Crippen LogP contribution in [0.25, 0.3) is 0 Å². The Morgan fingerprint density at radius 2 is 1.76 bits per heavy atom. The second-order valence-corrected chi connectivity index (χ2v) is 2.67. The number of hydrogen-bond acceptors (Lipinski definition) is 2. The van der Waals surface area contributed by atoms with Crippen molar-refractivity contribution in [3.63, 3.8) is 0 Å². The van der Waals surface area contributed by atoms with Gasteiger partial charge in [-0.2, -0.15) is 0 Å². The van der Waals surface area contributed by atoms with Gasteiger partial charge in [0.1, 0.15) is 0 Å². The molecule has 0 spiro atoms. The first kappa shape index (κ1) is 18.0. The summed E-state index contributed by atoms with van der Waals surface area (Å²) in [6.45, 7) is 12.2. The summed E-state index contributed by atoms with van der Waals surface area (Å²) in [5.74, 6) is 0. The van der Waals surface area contributed by atoms with Crippen molar-refractivity contribution in [1.29, 1.82) is 0 Å². The molecule has 1 aliphatic carbocycles. The second-order valence-electron chi connectivity index (χ2n) is 2.67. The van der Waals surface area contributed by atoms with Crippen molar-refractivity contribution in [2.24, 2.45) is 10.7 Å². The van der Waals surface area contributed by atoms with Gasteiger partial charge in [0.2, 0.25) is 0 Å². The zero-order chi connectivity index (χ0) is 13.7. The minimum atomic E-state index is 0.496. The monoisotopic (exact) mass is 234 g/mol. The quantitative estimate of drug-likeness (QED) is 0.777. The van der Waals surface area contributed by atoms with E-state index >= 15 is 0 Å². The first-order valence-corrected chi connectivity index (χ1v) is 6.21. The Balaban J connectivity index is 0. The van der Waals surface area contributed by atoms with Gasteiger partial charge in [0.05, 0.1) is 5.71 Å². The molecule has 0 unspecified atom stereocenters. The topological polar surface area (TPSA) is 38.4 Å². The van der Waals surface area contributed by atoms with Crippen LogP contribution in [-0.2, 0) is 0 Å². The number of allylic oxidation sites excluding steroid dienone is 5. The van der Waals surface area contributed by atoms with E-state index in [0.29, 0.717) is 6.54 Å². The van der Waals surface area contributed by atoms with Crippen LogP contribution < -0.4 is 5.73 Å². The highest BCUT2D eigenvalue weighted by molar-refractivity contribution is 6.12. The highest BCUT2D eigenvalue weighted by Gasteiger charge is 2.06. The zero-order valence-electron chi connectivity index (χ0n) is 11.8. The van der Waals surface area contributed by atoms with Gasteiger partial charge in [-0.3, -0.25) is 4.99 Å². The van der Waals surface area contributed by atoms with E-state index in [-0.39, 0.29) is 0 Å². The molecule has 0 bridgehead atoms. The van der Waals surface area contributed by atoms with E-state index in [1.54, 1.807) is 13.1 Å². The average Bonchev–Trinajstić information content (AvgIpc) is 2.45. The minimum absolute atomic E-state index is 0.496. The zero-order valence-corrected chi connectivity index (χ0v) is 11.8. The summed E-state index contributed by atoms with van der Waals surface area (Å²) >= 11 is 0. The lowest BCUT2D eigenvalue weighted by atomic mass is 9.99. The van der Waals surface area contributed by atoms with Crippen molar-refractivity contribution in [1.82, 2.24) is 0 Å². The first-order valence-electron chi connectivity index (χ1n) is 6.21. The summed E-state index contributed by atoms with van der Waals surface area (Å²) in [5, 5.41) is 0. The van der Waals surface area contributed by atoms with E-state index in [1.807, 2.05) is 52.0 Å². The van der Waals surface area contributed by atoms with E-state index in [2.05, 4.69) is 11.6 Å². The normalized spacial score (nSPS) is 17.6. The van der Waals surface area contributed by atoms with Crippen LogP contribution in [0.4, 0.5) is 0 Å². The summed E-state index contributed by atoms with van der Waals surface area (Å²) in [4.78, 5) is 4.16. The molecule has 0 saturated heterocycles. The van der Waals surface area contributed by atoms with E-state index in [9.17, 15) is 0 Å². The van der Waals surface area contributed by atoms with Gasteiger partial charge in [0, 0.05) is 19.2 Å². The number of nitrogens with two attached hydrogens (primary N) is 1. The fourth-order valence-corrected chi connectivity index (χ4v) is 1.24. The van der Waals surface area contributed by atoms with E-state index in [1.165, 1.54) is 0 Å². The molecule has 0 heterocycles. The SMILES string of the molecule is C=C/C(CN)=C1/C=CC=CC1=NC.CC.CC. The second kappa shape index (κ2) is 12.7. The molecule has 0 amide bonds. The maximum atomic E-state index is 5.59. The average molecular weight is 234 g/mol. The van der Waals surface area contributed by atoms with Crippen LogP contribution >= 0.6 is 0 Å². The predicted molar refractivity (Wildman–Crippen MR) is 80.6 cm³/mol. The van der Waals surface area contributed by atoms with E-state index < -0.39 is 0 Å². The lowest BCUT2D eigenvalue weighted by Crippen LogP contribution is -2.09. The van der Waals surface area contributed by atoms with Gasteiger partial charge < -0.3 is 5.73 Å². The minimum Gasteiger partial charge on any atom is -0.326 e. The van der Waals surface area contributed by atoms with Crippen LogP contribution in [0.3, 0.4) is 0 Å². The van der Waals surface area contributed by atoms with Gasteiger partial charge in [0.25, 0.3) is 0 Å². The molecule has 1 aliphatic rings. The Morgan fingerprint density at radius 1 is 1.24 bits per heavy atom. The number of nitrogens with zero attached hydrogens (tertiary/aromatic N) is 1. The van der Waals surface area contributed by atoms with Crippen molar-refractivity contribution in [3.8, 4) is 0 Å². The van der Waals surface area contributed by atoms with Crippen LogP contribution in [0, 0.1) is 0 Å². The molecule has 2 heteroatoms. The summed E-state index contributed by atoms with van der Waals surface area (Å²) in [6.07, 6.45) is 9.69. The molecule has 2 nitrogen and oxygen atoms in total. The largest absolute Gasteiger partial charge is 0.326 e. The van der Waals surface area contributed by atoms with Crippen LogP contribution in [-0.4, -0.2) is 19.3 Å². The highest BCUT2D eigenvalue weighted by Crippen LogP contribution is 2.13. The maximum Gasteiger partial charge on any atom is 0.0646 e. The molecule has 2 N–H and O–H groups in total. The van der Waals surface area contributed by atoms with Crippen molar-refractivity contribution in [2.45, 2.75) is 27.7 Å². The molecule has 0 aromatic carbocycles. The molecule has 0 atom stereocenters. The van der Waals surface area contributed by atoms with E-state index in [4.69, 9.17) is 5.73 Å². The van der Waals surface area contributed by atoms with Crippen molar-refractivity contribution in [2.75, 3.05) is 13.6 Å². The summed E-state index contributed by atoms with van der Waals surface area (Å²) in [7, 11) is 1.77. The number of aliphatic imine (C=N–C) groups is 1. The summed E-state index contributed by atoms with van der Waals surface area (Å²) in [5.41, 5.74) is 8.65. The van der Waals surface area contributed by atoms with Gasteiger partial charge in [0.15, 0.2) is 0 Å². The van der Waals surface area contributed by atoms with Gasteiger partial charge >= 0.3 is 0 Å². The molecule has 0 saturated carbocycles. The van der Waals surface area contributed by atoms with Gasteiger partial charge in [-0.1, -0.05) is 58.6 Å². The third-order valence-corrected chi connectivity index (χ3v) is 1.96. The molecule has 1 rings (SSSR count). The van der Waals surface area contributed by atoms with Gasteiger partial charge in [-0.05, 0) is 11.6 Å². The highest BCUT2D eigenvalue weighted by atomic mass is 14.7. The number of hydrogen-bond donors (Lipinski definition) is 1. The Morgan fingerprint density at radius 3 is 2.18 bits per heavy atom. The standard InChI is InChI=1S/C11H14N2.2C2H6/c1-3-9(8-12)10-6-4-5-7-11(10)13-2;2*1-2/h3-7H,1,8,12H2,2H3;2*1-2H3/b10-9+,13-11?;;. The lowest BCUT2D eigenvalue weighted by molar-refractivity contribution is 1.18. The molecule has 0 aliphatic heterocycles. The Hall–Kier alpha value is -1.41. The van der Waals surface area contributed by atoms with Crippen LogP contribution in [0.5, 0.6) is 0 Å². The van der Waals surface area contributed by atoms with Crippen molar-refractivity contribution >= 4 is 5.71 Å². The first-order chi connectivity index (χ1) is 8.33. The fraction of sp³-hybridized carbons (Fsp3) is 0.400. The smallest absolute Gasteiger partial charge is 0.0646 e. The molecule has 0 aromatic rings. The van der Waals surface area contributed by atoms with Crippen LogP contribution in [0.2, 0.25) is 0 Å². The number of rotatable bonds is 2. The third kappa shape index (κ3) is 6.03. The molecule has 0 fully saturated rings. The third-order valence-electron chi connectivity index (χ3n) is 1.96. The molecule has 0 radical (unpaired) electrons. The van der Waals surface area contributed by atoms with Crippen molar-refractivity contribution < 1.29 is 0 Å². The molecule has 0 aromatic heterocycles. The Kier molecular flexibility index (Phi) is 13.4. The van der Waals surface area contributed by atoms with Crippen molar-refractivity contribution in [3.05, 3.63) is 48.1 Å². The Bertz CT molecular complexity index is 318. The Labute approximate surface area is 106 Å². The fourth-order valence-electron chi connectivity index (χ4n) is 1.24. The molecular formula is C15H26N2. The maximum absolute atomic E-state index is 5.59. The van der Waals surface area contributed by atoms with Crippen LogP contribution in [0.1, 0.15) is 27.7 Å². The summed E-state index contributed by atoms with van der Waals surface area (Å²) < 4.78 is 0.